The monoisotopic (exact) mass is 480 g/mol. The number of aromatic nitrogens is 3. The first-order valence-corrected chi connectivity index (χ1v) is 12.4. The Bertz CT molecular complexity index is 1320. The van der Waals surface area contributed by atoms with Crippen LogP contribution in [0.1, 0.15) is 19.8 Å². The topological polar surface area (TPSA) is 86.1 Å². The molecule has 2 aromatic heterocycles. The number of para-hydroxylation sites is 2. The van der Waals surface area contributed by atoms with E-state index in [2.05, 4.69) is 16.6 Å². The average molecular weight is 481 g/mol. The molecule has 0 radical (unpaired) electrons. The quantitative estimate of drug-likeness (QED) is 0.266. The molecule has 0 saturated heterocycles. The minimum absolute atomic E-state index is 0.110. The van der Waals surface area contributed by atoms with Crippen LogP contribution >= 0.6 is 23.3 Å². The third-order valence-corrected chi connectivity index (χ3v) is 6.84. The van der Waals surface area contributed by atoms with Crippen LogP contribution in [-0.2, 0) is 11.3 Å². The molecule has 2 aromatic carbocycles. The van der Waals surface area contributed by atoms with Gasteiger partial charge in [0.2, 0.25) is 5.91 Å². The Kier molecular flexibility index (Phi) is 7.41. The minimum atomic E-state index is -0.201. The predicted octanol–water partition coefficient (Wildman–Crippen LogP) is 5.06. The van der Waals surface area contributed by atoms with Crippen molar-refractivity contribution in [3.05, 3.63) is 65.0 Å². The van der Waals surface area contributed by atoms with Gasteiger partial charge in [0.15, 0.2) is 5.16 Å². The van der Waals surface area contributed by atoms with Gasteiger partial charge in [-0.2, -0.15) is 4.37 Å². The zero-order chi connectivity index (χ0) is 23.2. The molecule has 33 heavy (non-hydrogen) atoms. The smallest absolute Gasteiger partial charge is 0.273 e. The summed E-state index contributed by atoms with van der Waals surface area (Å²) in [4.78, 5) is 30.7. The maximum atomic E-state index is 13.3. The van der Waals surface area contributed by atoms with E-state index in [9.17, 15) is 9.59 Å². The lowest BCUT2D eigenvalue weighted by Gasteiger charge is -2.12. The number of amides is 1. The summed E-state index contributed by atoms with van der Waals surface area (Å²) < 4.78 is 12.0. The van der Waals surface area contributed by atoms with E-state index in [0.29, 0.717) is 39.0 Å². The maximum absolute atomic E-state index is 13.3. The van der Waals surface area contributed by atoms with Gasteiger partial charge in [-0.1, -0.05) is 67.6 Å². The number of thioether (sulfide) groups is 1. The fraction of sp³-hybridized carbons (Fsp3) is 0.250. The zero-order valence-electron chi connectivity index (χ0n) is 18.4. The van der Waals surface area contributed by atoms with Crippen molar-refractivity contribution in [2.24, 2.45) is 0 Å². The molecular weight excluding hydrogens is 456 g/mol. The molecule has 0 unspecified atom stereocenters. The number of ether oxygens (including phenoxy) is 1. The summed E-state index contributed by atoms with van der Waals surface area (Å²) in [6, 6.07) is 16.9. The Hall–Kier alpha value is -3.17. The second-order valence-corrected chi connectivity index (χ2v) is 9.03. The van der Waals surface area contributed by atoms with Crippen molar-refractivity contribution in [3.63, 3.8) is 0 Å². The van der Waals surface area contributed by atoms with Crippen molar-refractivity contribution in [2.75, 3.05) is 18.2 Å². The van der Waals surface area contributed by atoms with Crippen LogP contribution in [0.4, 0.5) is 5.69 Å². The van der Waals surface area contributed by atoms with E-state index in [0.717, 1.165) is 18.4 Å². The van der Waals surface area contributed by atoms with Crippen molar-refractivity contribution >= 4 is 45.1 Å². The molecule has 0 aliphatic rings. The van der Waals surface area contributed by atoms with Gasteiger partial charge in [-0.25, -0.2) is 4.98 Å². The number of benzene rings is 2. The SMILES string of the molecule is CCCCn1c(SCC(=O)Nc2ccccc2OC)nc2c(-c3ccccc3)nsc2c1=O. The van der Waals surface area contributed by atoms with Gasteiger partial charge in [-0.3, -0.25) is 14.2 Å². The fourth-order valence-electron chi connectivity index (χ4n) is 3.37. The van der Waals surface area contributed by atoms with Crippen LogP contribution in [0, 0.1) is 0 Å². The van der Waals surface area contributed by atoms with E-state index in [-0.39, 0.29) is 17.2 Å². The minimum Gasteiger partial charge on any atom is -0.495 e. The second kappa shape index (κ2) is 10.6. The van der Waals surface area contributed by atoms with Crippen LogP contribution in [0.2, 0.25) is 0 Å². The highest BCUT2D eigenvalue weighted by Gasteiger charge is 2.19. The van der Waals surface area contributed by atoms with Gasteiger partial charge >= 0.3 is 0 Å². The lowest BCUT2D eigenvalue weighted by Crippen LogP contribution is -2.24. The Morgan fingerprint density at radius 3 is 2.67 bits per heavy atom. The zero-order valence-corrected chi connectivity index (χ0v) is 20.0. The third-order valence-electron chi connectivity index (χ3n) is 5.04. The molecule has 0 aliphatic heterocycles. The number of carbonyl (C=O) groups is 1. The van der Waals surface area contributed by atoms with Gasteiger partial charge in [-0.05, 0) is 30.1 Å². The van der Waals surface area contributed by atoms with Crippen molar-refractivity contribution in [1.82, 2.24) is 13.9 Å². The number of nitrogens with one attached hydrogen (secondary N) is 1. The molecule has 4 rings (SSSR count). The molecule has 9 heteroatoms. The van der Waals surface area contributed by atoms with Gasteiger partial charge in [0, 0.05) is 12.1 Å². The number of carbonyl (C=O) groups excluding carboxylic acids is 1. The first kappa shape index (κ1) is 23.0. The number of unbranched alkanes of at least 4 members (excludes halogenated alkanes) is 1. The van der Waals surface area contributed by atoms with Crippen molar-refractivity contribution in [2.45, 2.75) is 31.5 Å². The largest absolute Gasteiger partial charge is 0.495 e. The van der Waals surface area contributed by atoms with Gasteiger partial charge in [0.25, 0.3) is 5.56 Å². The molecule has 0 bridgehead atoms. The highest BCUT2D eigenvalue weighted by atomic mass is 32.2. The average Bonchev–Trinajstić information content (AvgIpc) is 3.27. The number of fused-ring (bicyclic) bond motifs is 1. The van der Waals surface area contributed by atoms with E-state index >= 15 is 0 Å². The summed E-state index contributed by atoms with van der Waals surface area (Å²) in [6.07, 6.45) is 1.79. The van der Waals surface area contributed by atoms with E-state index in [4.69, 9.17) is 9.72 Å². The van der Waals surface area contributed by atoms with E-state index in [1.54, 1.807) is 23.8 Å². The van der Waals surface area contributed by atoms with Crippen molar-refractivity contribution in [3.8, 4) is 17.0 Å². The Morgan fingerprint density at radius 2 is 1.91 bits per heavy atom. The van der Waals surface area contributed by atoms with Gasteiger partial charge in [0.05, 0.1) is 18.6 Å². The molecule has 1 amide bonds. The summed E-state index contributed by atoms with van der Waals surface area (Å²) in [7, 11) is 1.56. The molecule has 0 saturated carbocycles. The summed E-state index contributed by atoms with van der Waals surface area (Å²) in [6.45, 7) is 2.62. The lowest BCUT2D eigenvalue weighted by molar-refractivity contribution is -0.113. The highest BCUT2D eigenvalue weighted by Crippen LogP contribution is 2.30. The third kappa shape index (κ3) is 5.09. The predicted molar refractivity (Wildman–Crippen MR) is 134 cm³/mol. The second-order valence-electron chi connectivity index (χ2n) is 7.32. The number of anilines is 1. The number of hydrogen-bond acceptors (Lipinski definition) is 7. The summed E-state index contributed by atoms with van der Waals surface area (Å²) >= 11 is 2.42. The molecule has 0 atom stereocenters. The number of methoxy groups -OCH3 is 1. The maximum Gasteiger partial charge on any atom is 0.273 e. The molecule has 0 aliphatic carbocycles. The van der Waals surface area contributed by atoms with E-state index in [1.807, 2.05) is 42.5 Å². The number of nitrogens with zero attached hydrogens (tertiary/aromatic N) is 3. The fourth-order valence-corrected chi connectivity index (χ4v) is 4.98. The normalized spacial score (nSPS) is 11.0. The first-order chi connectivity index (χ1) is 16.1. The molecule has 2 heterocycles. The van der Waals surface area contributed by atoms with Crippen molar-refractivity contribution in [1.29, 1.82) is 0 Å². The molecule has 0 spiro atoms. The van der Waals surface area contributed by atoms with Crippen LogP contribution < -0.4 is 15.6 Å². The van der Waals surface area contributed by atoms with Crippen LogP contribution in [0.3, 0.4) is 0 Å². The summed E-state index contributed by atoms with van der Waals surface area (Å²) in [5.41, 5.74) is 2.67. The summed E-state index contributed by atoms with van der Waals surface area (Å²) in [5, 5.41) is 3.39. The van der Waals surface area contributed by atoms with Gasteiger partial charge < -0.3 is 10.1 Å². The molecule has 4 aromatic rings. The number of hydrogen-bond donors (Lipinski definition) is 1. The molecule has 170 valence electrons. The lowest BCUT2D eigenvalue weighted by atomic mass is 10.1. The van der Waals surface area contributed by atoms with E-state index in [1.165, 1.54) is 23.3 Å². The molecular formula is C24H24N4O3S2. The van der Waals surface area contributed by atoms with Crippen LogP contribution in [0.25, 0.3) is 21.5 Å². The van der Waals surface area contributed by atoms with Crippen LogP contribution in [0.15, 0.2) is 64.5 Å². The Labute approximate surface area is 200 Å². The van der Waals surface area contributed by atoms with Crippen LogP contribution in [0.5, 0.6) is 5.75 Å². The van der Waals surface area contributed by atoms with Gasteiger partial charge in [0.1, 0.15) is 21.7 Å². The summed E-state index contributed by atoms with van der Waals surface area (Å²) in [5.74, 6) is 0.500. The standard InChI is InChI=1S/C24H24N4O3S2/c1-3-4-14-28-23(30)22-21(20(27-33-22)16-10-6-5-7-11-16)26-24(28)32-15-19(29)25-17-12-8-9-13-18(17)31-2/h5-13H,3-4,14-15H2,1-2H3,(H,25,29). The van der Waals surface area contributed by atoms with Crippen LogP contribution in [-0.4, -0.2) is 32.7 Å². The molecule has 0 fully saturated rings. The Balaban J connectivity index is 1.64. The Morgan fingerprint density at radius 1 is 1.15 bits per heavy atom. The molecule has 7 nitrogen and oxygen atoms in total. The number of rotatable bonds is 9. The van der Waals surface area contributed by atoms with Gasteiger partial charge in [-0.15, -0.1) is 0 Å². The first-order valence-electron chi connectivity index (χ1n) is 10.6. The van der Waals surface area contributed by atoms with E-state index < -0.39 is 0 Å². The molecule has 1 N–H and O–H groups in total. The van der Waals surface area contributed by atoms with Crippen molar-refractivity contribution < 1.29 is 9.53 Å². The highest BCUT2D eigenvalue weighted by molar-refractivity contribution is 7.99.